The first kappa shape index (κ1) is 12.5. The first-order valence-corrected chi connectivity index (χ1v) is 5.44. The fourth-order valence-electron chi connectivity index (χ4n) is 1.54. The van der Waals surface area contributed by atoms with Crippen molar-refractivity contribution < 1.29 is 14.4 Å². The van der Waals surface area contributed by atoms with E-state index >= 15 is 0 Å². The molecule has 0 spiro atoms. The number of hydrogen-bond acceptors (Lipinski definition) is 3. The number of likely N-dealkylation sites (tertiary alicyclic amines) is 1. The Morgan fingerprint density at radius 1 is 1.25 bits per heavy atom. The van der Waals surface area contributed by atoms with E-state index in [0.717, 1.165) is 19.3 Å². The molecule has 0 aromatic carbocycles. The molecule has 6 heteroatoms. The maximum Gasteiger partial charge on any atom is 0.325 e. The van der Waals surface area contributed by atoms with E-state index in [-0.39, 0.29) is 18.5 Å². The maximum absolute atomic E-state index is 11.6. The molecule has 4 amide bonds. The number of carbonyl (C=O) groups is 3. The smallest absolute Gasteiger partial charge is 0.325 e. The molecule has 1 rings (SSSR count). The third kappa shape index (κ3) is 3.88. The van der Waals surface area contributed by atoms with E-state index in [1.54, 1.807) is 0 Å². The van der Waals surface area contributed by atoms with Crippen molar-refractivity contribution in [2.24, 2.45) is 0 Å². The van der Waals surface area contributed by atoms with Crippen molar-refractivity contribution in [1.82, 2.24) is 15.5 Å². The summed E-state index contributed by atoms with van der Waals surface area (Å²) in [7, 11) is 0. The van der Waals surface area contributed by atoms with Crippen LogP contribution in [-0.4, -0.2) is 36.0 Å². The van der Waals surface area contributed by atoms with Gasteiger partial charge in [0.05, 0.1) is 6.67 Å². The topological polar surface area (TPSA) is 78.5 Å². The molecule has 0 aromatic rings. The Labute approximate surface area is 94.4 Å². The summed E-state index contributed by atoms with van der Waals surface area (Å²) in [6, 6.07) is -0.430. The Balaban J connectivity index is 2.38. The zero-order chi connectivity index (χ0) is 12.0. The van der Waals surface area contributed by atoms with Crippen molar-refractivity contribution >= 4 is 17.8 Å². The van der Waals surface area contributed by atoms with Crippen molar-refractivity contribution in [3.05, 3.63) is 0 Å². The molecule has 0 radical (unpaired) electrons. The van der Waals surface area contributed by atoms with Crippen molar-refractivity contribution in [1.29, 1.82) is 0 Å². The Morgan fingerprint density at radius 3 is 2.69 bits per heavy atom. The summed E-state index contributed by atoms with van der Waals surface area (Å²) >= 11 is 0. The Hall–Kier alpha value is -1.59. The van der Waals surface area contributed by atoms with Crippen LogP contribution >= 0.6 is 0 Å². The van der Waals surface area contributed by atoms with Gasteiger partial charge in [0.2, 0.25) is 11.8 Å². The zero-order valence-corrected chi connectivity index (χ0v) is 9.41. The molecule has 1 heterocycles. The highest BCUT2D eigenvalue weighted by atomic mass is 16.2. The molecule has 90 valence electrons. The summed E-state index contributed by atoms with van der Waals surface area (Å²) in [6.45, 7) is 1.88. The molecule has 1 aliphatic heterocycles. The minimum Gasteiger partial charge on any atom is -0.339 e. The first-order valence-electron chi connectivity index (χ1n) is 5.44. The second kappa shape index (κ2) is 6.09. The van der Waals surface area contributed by atoms with Crippen LogP contribution in [0.25, 0.3) is 0 Å². The number of amides is 4. The lowest BCUT2D eigenvalue weighted by molar-refractivity contribution is -0.127. The van der Waals surface area contributed by atoms with Gasteiger partial charge >= 0.3 is 6.03 Å². The molecule has 6 nitrogen and oxygen atoms in total. The van der Waals surface area contributed by atoms with Gasteiger partial charge in [-0.05, 0) is 12.8 Å². The van der Waals surface area contributed by atoms with Gasteiger partial charge in [-0.2, -0.15) is 0 Å². The summed E-state index contributed by atoms with van der Waals surface area (Å²) in [5, 5.41) is 4.91. The molecule has 1 aliphatic rings. The number of hydrogen-bond donors (Lipinski definition) is 2. The van der Waals surface area contributed by atoms with E-state index in [2.05, 4.69) is 10.6 Å². The molecule has 0 aliphatic carbocycles. The number of carbonyl (C=O) groups excluding carboxylic acids is 3. The molecule has 1 fully saturated rings. The second-order valence-electron chi connectivity index (χ2n) is 3.75. The minimum absolute atomic E-state index is 0.0535. The SMILES string of the molecule is CC(=O)NCNC(=O)N1CCCCCC1=O. The highest BCUT2D eigenvalue weighted by Gasteiger charge is 2.22. The van der Waals surface area contributed by atoms with Gasteiger partial charge in [-0.25, -0.2) is 4.79 Å². The number of rotatable bonds is 2. The van der Waals surface area contributed by atoms with Gasteiger partial charge < -0.3 is 10.6 Å². The summed E-state index contributed by atoms with van der Waals surface area (Å²) in [5.41, 5.74) is 0. The monoisotopic (exact) mass is 227 g/mol. The molecular weight excluding hydrogens is 210 g/mol. The Kier molecular flexibility index (Phi) is 4.75. The number of nitrogens with zero attached hydrogens (tertiary/aromatic N) is 1. The standard InChI is InChI=1S/C10H17N3O3/c1-8(14)11-7-12-10(16)13-6-4-2-3-5-9(13)15/h2-7H2,1H3,(H,11,14)(H,12,16). The fraction of sp³-hybridized carbons (Fsp3) is 0.700. The fourth-order valence-corrected chi connectivity index (χ4v) is 1.54. The van der Waals surface area contributed by atoms with Crippen LogP contribution in [0, 0.1) is 0 Å². The number of imide groups is 1. The maximum atomic E-state index is 11.6. The molecule has 0 saturated carbocycles. The second-order valence-corrected chi connectivity index (χ2v) is 3.75. The van der Waals surface area contributed by atoms with E-state index in [1.165, 1.54) is 11.8 Å². The van der Waals surface area contributed by atoms with Crippen LogP contribution in [0.3, 0.4) is 0 Å². The van der Waals surface area contributed by atoms with Crippen LogP contribution in [0.2, 0.25) is 0 Å². The van der Waals surface area contributed by atoms with Crippen LogP contribution in [0.1, 0.15) is 32.6 Å². The third-order valence-corrected chi connectivity index (χ3v) is 2.40. The van der Waals surface area contributed by atoms with Crippen LogP contribution in [-0.2, 0) is 9.59 Å². The van der Waals surface area contributed by atoms with Crippen molar-refractivity contribution in [2.75, 3.05) is 13.2 Å². The zero-order valence-electron chi connectivity index (χ0n) is 9.41. The number of nitrogens with one attached hydrogen (secondary N) is 2. The van der Waals surface area contributed by atoms with Crippen LogP contribution in [0.4, 0.5) is 4.79 Å². The largest absolute Gasteiger partial charge is 0.339 e. The predicted molar refractivity (Wildman–Crippen MR) is 57.4 cm³/mol. The molecule has 0 aromatic heterocycles. The van der Waals surface area contributed by atoms with E-state index in [9.17, 15) is 14.4 Å². The van der Waals surface area contributed by atoms with E-state index < -0.39 is 6.03 Å². The summed E-state index contributed by atoms with van der Waals surface area (Å²) < 4.78 is 0. The van der Waals surface area contributed by atoms with Gasteiger partial charge in [0.25, 0.3) is 0 Å². The van der Waals surface area contributed by atoms with Gasteiger partial charge in [-0.3, -0.25) is 14.5 Å². The van der Waals surface area contributed by atoms with Crippen molar-refractivity contribution in [2.45, 2.75) is 32.6 Å². The quantitative estimate of drug-likeness (QED) is 0.661. The molecular formula is C10H17N3O3. The first-order chi connectivity index (χ1) is 7.61. The minimum atomic E-state index is -0.430. The van der Waals surface area contributed by atoms with Crippen molar-refractivity contribution in [3.63, 3.8) is 0 Å². The molecule has 16 heavy (non-hydrogen) atoms. The molecule has 0 atom stereocenters. The Morgan fingerprint density at radius 2 is 2.00 bits per heavy atom. The van der Waals surface area contributed by atoms with Crippen LogP contribution in [0.15, 0.2) is 0 Å². The van der Waals surface area contributed by atoms with Gasteiger partial charge in [0, 0.05) is 19.9 Å². The summed E-state index contributed by atoms with van der Waals surface area (Å²) in [6.07, 6.45) is 3.09. The van der Waals surface area contributed by atoms with E-state index in [4.69, 9.17) is 0 Å². The predicted octanol–water partition coefficient (Wildman–Crippen LogP) is 0.192. The average Bonchev–Trinajstić information content (AvgIpc) is 2.42. The highest BCUT2D eigenvalue weighted by Crippen LogP contribution is 2.10. The van der Waals surface area contributed by atoms with Crippen LogP contribution in [0.5, 0.6) is 0 Å². The van der Waals surface area contributed by atoms with E-state index in [0.29, 0.717) is 13.0 Å². The van der Waals surface area contributed by atoms with Crippen LogP contribution < -0.4 is 10.6 Å². The lowest BCUT2D eigenvalue weighted by Gasteiger charge is -2.18. The lowest BCUT2D eigenvalue weighted by Crippen LogP contribution is -2.47. The normalized spacial score (nSPS) is 16.6. The highest BCUT2D eigenvalue weighted by molar-refractivity contribution is 5.94. The molecule has 0 unspecified atom stereocenters. The third-order valence-electron chi connectivity index (χ3n) is 2.40. The molecule has 2 N–H and O–H groups in total. The summed E-state index contributed by atoms with van der Waals surface area (Å²) in [4.78, 5) is 34.9. The average molecular weight is 227 g/mol. The van der Waals surface area contributed by atoms with Crippen molar-refractivity contribution in [3.8, 4) is 0 Å². The Bertz CT molecular complexity index is 291. The van der Waals surface area contributed by atoms with Gasteiger partial charge in [-0.1, -0.05) is 6.42 Å². The van der Waals surface area contributed by atoms with Gasteiger partial charge in [0.15, 0.2) is 0 Å². The van der Waals surface area contributed by atoms with E-state index in [1.807, 2.05) is 0 Å². The number of urea groups is 1. The molecule has 1 saturated heterocycles. The molecule has 0 bridgehead atoms. The summed E-state index contributed by atoms with van der Waals surface area (Å²) in [5.74, 6) is -0.361. The lowest BCUT2D eigenvalue weighted by atomic mass is 10.2. The van der Waals surface area contributed by atoms with Gasteiger partial charge in [-0.15, -0.1) is 0 Å². The van der Waals surface area contributed by atoms with Gasteiger partial charge in [0.1, 0.15) is 0 Å².